The van der Waals surface area contributed by atoms with Crippen molar-refractivity contribution in [3.8, 4) is 0 Å². The molecule has 0 bridgehead atoms. The summed E-state index contributed by atoms with van der Waals surface area (Å²) in [5, 5.41) is 0. The van der Waals surface area contributed by atoms with Gasteiger partial charge in [-0.05, 0) is 25.2 Å². The van der Waals surface area contributed by atoms with Crippen molar-refractivity contribution in [1.29, 1.82) is 0 Å². The van der Waals surface area contributed by atoms with Crippen LogP contribution in [0.5, 0.6) is 0 Å². The highest BCUT2D eigenvalue weighted by Gasteiger charge is 2.26. The van der Waals surface area contributed by atoms with Crippen molar-refractivity contribution in [2.24, 2.45) is 5.92 Å². The van der Waals surface area contributed by atoms with Crippen LogP contribution < -0.4 is 0 Å². The first kappa shape index (κ1) is 11.9. The van der Waals surface area contributed by atoms with Crippen molar-refractivity contribution in [2.75, 3.05) is 27.2 Å². The molecule has 0 amide bonds. The SMILES string of the molecule is CC1CCCN(S(=O)(=O)N(C)C)CC1. The van der Waals surface area contributed by atoms with Crippen LogP contribution in [0.3, 0.4) is 0 Å². The average Bonchev–Trinajstić information content (AvgIpc) is 2.29. The van der Waals surface area contributed by atoms with Gasteiger partial charge in [0, 0.05) is 27.2 Å². The summed E-state index contributed by atoms with van der Waals surface area (Å²) in [5.41, 5.74) is 0. The molecule has 0 aromatic rings. The van der Waals surface area contributed by atoms with Crippen molar-refractivity contribution >= 4 is 10.2 Å². The van der Waals surface area contributed by atoms with Crippen LogP contribution in [0.4, 0.5) is 0 Å². The Morgan fingerprint density at radius 1 is 1.21 bits per heavy atom. The zero-order chi connectivity index (χ0) is 10.8. The Morgan fingerprint density at radius 2 is 1.86 bits per heavy atom. The molecule has 1 aliphatic heterocycles. The second-order valence-electron chi connectivity index (χ2n) is 4.23. The zero-order valence-corrected chi connectivity index (χ0v) is 10.0. The van der Waals surface area contributed by atoms with E-state index < -0.39 is 10.2 Å². The van der Waals surface area contributed by atoms with Gasteiger partial charge in [0.2, 0.25) is 0 Å². The van der Waals surface area contributed by atoms with E-state index in [2.05, 4.69) is 6.92 Å². The van der Waals surface area contributed by atoms with Gasteiger partial charge in [-0.1, -0.05) is 6.92 Å². The Hall–Kier alpha value is -0.130. The van der Waals surface area contributed by atoms with Gasteiger partial charge in [-0.25, -0.2) is 0 Å². The van der Waals surface area contributed by atoms with Gasteiger partial charge in [0.05, 0.1) is 0 Å². The number of hydrogen-bond acceptors (Lipinski definition) is 2. The molecule has 0 aromatic heterocycles. The summed E-state index contributed by atoms with van der Waals surface area (Å²) in [6.07, 6.45) is 3.10. The average molecular weight is 220 g/mol. The molecule has 1 saturated heterocycles. The molecule has 84 valence electrons. The summed E-state index contributed by atoms with van der Waals surface area (Å²) in [7, 11) is -0.00613. The van der Waals surface area contributed by atoms with Crippen molar-refractivity contribution < 1.29 is 8.42 Å². The van der Waals surface area contributed by atoms with Crippen molar-refractivity contribution in [2.45, 2.75) is 26.2 Å². The molecule has 5 heteroatoms. The molecule has 1 atom stereocenters. The van der Waals surface area contributed by atoms with Gasteiger partial charge >= 0.3 is 0 Å². The lowest BCUT2D eigenvalue weighted by Gasteiger charge is -2.23. The summed E-state index contributed by atoms with van der Waals surface area (Å²) in [4.78, 5) is 0. The summed E-state index contributed by atoms with van der Waals surface area (Å²) in [6, 6.07) is 0. The first-order valence-corrected chi connectivity index (χ1v) is 6.52. The maximum atomic E-state index is 11.8. The smallest absolute Gasteiger partial charge is 0.195 e. The summed E-state index contributed by atoms with van der Waals surface area (Å²) in [6.45, 7) is 3.53. The number of hydrogen-bond donors (Lipinski definition) is 0. The largest absolute Gasteiger partial charge is 0.281 e. The quantitative estimate of drug-likeness (QED) is 0.694. The van der Waals surface area contributed by atoms with Gasteiger partial charge in [0.1, 0.15) is 0 Å². The van der Waals surface area contributed by atoms with Crippen LogP contribution in [0.2, 0.25) is 0 Å². The minimum atomic E-state index is -3.18. The van der Waals surface area contributed by atoms with Gasteiger partial charge in [-0.2, -0.15) is 17.0 Å². The Balaban J connectivity index is 2.69. The molecule has 1 unspecified atom stereocenters. The van der Waals surface area contributed by atoms with Gasteiger partial charge < -0.3 is 0 Å². The Kier molecular flexibility index (Phi) is 3.92. The molecule has 14 heavy (non-hydrogen) atoms. The Bertz CT molecular complexity index is 275. The molecule has 1 fully saturated rings. The third kappa shape index (κ3) is 2.68. The lowest BCUT2D eigenvalue weighted by atomic mass is 10.0. The molecular weight excluding hydrogens is 200 g/mol. The number of nitrogens with zero attached hydrogens (tertiary/aromatic N) is 2. The molecule has 0 radical (unpaired) electrons. The molecule has 0 aliphatic carbocycles. The number of rotatable bonds is 2. The molecule has 1 heterocycles. The first-order valence-electron chi connectivity index (χ1n) is 5.12. The highest BCUT2D eigenvalue weighted by Crippen LogP contribution is 2.19. The standard InChI is InChI=1S/C9H20N2O2S/c1-9-5-4-7-11(8-6-9)14(12,13)10(2)3/h9H,4-8H2,1-3H3. The van der Waals surface area contributed by atoms with Crippen LogP contribution in [-0.4, -0.2) is 44.2 Å². The minimum Gasteiger partial charge on any atom is -0.195 e. The van der Waals surface area contributed by atoms with Gasteiger partial charge in [0.15, 0.2) is 0 Å². The van der Waals surface area contributed by atoms with E-state index in [-0.39, 0.29) is 0 Å². The maximum absolute atomic E-state index is 11.8. The molecule has 4 nitrogen and oxygen atoms in total. The van der Waals surface area contributed by atoms with Crippen LogP contribution in [0.25, 0.3) is 0 Å². The highest BCUT2D eigenvalue weighted by molar-refractivity contribution is 7.86. The summed E-state index contributed by atoms with van der Waals surface area (Å²) >= 11 is 0. The maximum Gasteiger partial charge on any atom is 0.281 e. The fourth-order valence-electron chi connectivity index (χ4n) is 1.70. The van der Waals surface area contributed by atoms with E-state index in [4.69, 9.17) is 0 Å². The van der Waals surface area contributed by atoms with E-state index in [9.17, 15) is 8.42 Å². The lowest BCUT2D eigenvalue weighted by molar-refractivity contribution is 0.380. The fraction of sp³-hybridized carbons (Fsp3) is 1.00. The molecule has 0 saturated carbocycles. The van der Waals surface area contributed by atoms with Gasteiger partial charge in [-0.3, -0.25) is 0 Å². The van der Waals surface area contributed by atoms with Crippen LogP contribution in [0.15, 0.2) is 0 Å². The monoisotopic (exact) mass is 220 g/mol. The van der Waals surface area contributed by atoms with E-state index in [1.807, 2.05) is 0 Å². The Labute approximate surface area is 87.1 Å². The topological polar surface area (TPSA) is 40.6 Å². The first-order chi connectivity index (χ1) is 6.44. The molecular formula is C9H20N2O2S. The van der Waals surface area contributed by atoms with Crippen molar-refractivity contribution in [3.05, 3.63) is 0 Å². The van der Waals surface area contributed by atoms with Gasteiger partial charge in [-0.15, -0.1) is 0 Å². The van der Waals surface area contributed by atoms with E-state index in [0.29, 0.717) is 19.0 Å². The highest BCUT2D eigenvalue weighted by atomic mass is 32.2. The molecule has 1 aliphatic rings. The van der Waals surface area contributed by atoms with Gasteiger partial charge in [0.25, 0.3) is 10.2 Å². The van der Waals surface area contributed by atoms with E-state index in [1.54, 1.807) is 18.4 Å². The predicted molar refractivity (Wildman–Crippen MR) is 57.2 cm³/mol. The Morgan fingerprint density at radius 3 is 2.43 bits per heavy atom. The van der Waals surface area contributed by atoms with Crippen LogP contribution in [0.1, 0.15) is 26.2 Å². The predicted octanol–water partition coefficient (Wildman–Crippen LogP) is 0.915. The molecule has 0 N–H and O–H groups in total. The fourth-order valence-corrected chi connectivity index (χ4v) is 2.86. The molecule has 1 rings (SSSR count). The van der Waals surface area contributed by atoms with Crippen LogP contribution in [-0.2, 0) is 10.2 Å². The lowest BCUT2D eigenvalue weighted by Crippen LogP contribution is -2.40. The molecule has 0 aromatic carbocycles. The van der Waals surface area contributed by atoms with E-state index in [0.717, 1.165) is 19.3 Å². The summed E-state index contributed by atoms with van der Waals surface area (Å²) < 4.78 is 26.5. The third-order valence-corrected chi connectivity index (χ3v) is 4.70. The van der Waals surface area contributed by atoms with Crippen LogP contribution >= 0.6 is 0 Å². The third-order valence-electron chi connectivity index (χ3n) is 2.76. The van der Waals surface area contributed by atoms with E-state index >= 15 is 0 Å². The summed E-state index contributed by atoms with van der Waals surface area (Å²) in [5.74, 6) is 0.650. The second kappa shape index (κ2) is 4.59. The molecule has 0 spiro atoms. The normalized spacial score (nSPS) is 26.4. The zero-order valence-electron chi connectivity index (χ0n) is 9.23. The van der Waals surface area contributed by atoms with E-state index in [1.165, 1.54) is 4.31 Å². The van der Waals surface area contributed by atoms with Crippen molar-refractivity contribution in [1.82, 2.24) is 8.61 Å². The van der Waals surface area contributed by atoms with Crippen LogP contribution in [0, 0.1) is 5.92 Å². The van der Waals surface area contributed by atoms with Crippen molar-refractivity contribution in [3.63, 3.8) is 0 Å². The second-order valence-corrected chi connectivity index (χ2v) is 6.37. The minimum absolute atomic E-state index is 0.650.